The van der Waals surface area contributed by atoms with Crippen molar-refractivity contribution in [2.45, 2.75) is 44.4 Å². The van der Waals surface area contributed by atoms with Gasteiger partial charge in [0.05, 0.1) is 4.90 Å². The molecule has 3 heterocycles. The molecular formula is C21H28N4O4S. The van der Waals surface area contributed by atoms with Gasteiger partial charge in [-0.1, -0.05) is 24.6 Å². The van der Waals surface area contributed by atoms with Gasteiger partial charge in [-0.25, -0.2) is 4.98 Å². The molecule has 0 aliphatic carbocycles. The lowest BCUT2D eigenvalue weighted by atomic mass is 10.00. The Bertz CT molecular complexity index is 971. The van der Waals surface area contributed by atoms with Gasteiger partial charge >= 0.3 is 0 Å². The van der Waals surface area contributed by atoms with Crippen molar-refractivity contribution in [1.29, 1.82) is 0 Å². The Morgan fingerprint density at radius 2 is 1.73 bits per heavy atom. The normalized spacial score (nSPS) is 17.6. The van der Waals surface area contributed by atoms with Gasteiger partial charge in [0.25, 0.3) is 10.1 Å². The molecule has 1 amide bonds. The van der Waals surface area contributed by atoms with Gasteiger partial charge in [-0.3, -0.25) is 14.2 Å². The van der Waals surface area contributed by atoms with E-state index in [0.29, 0.717) is 6.42 Å². The van der Waals surface area contributed by atoms with Crippen LogP contribution in [0.2, 0.25) is 0 Å². The molecule has 30 heavy (non-hydrogen) atoms. The Hall–Kier alpha value is -2.52. The summed E-state index contributed by atoms with van der Waals surface area (Å²) in [6.45, 7) is 6.94. The first-order valence-corrected chi connectivity index (χ1v) is 11.6. The third kappa shape index (κ3) is 5.76. The number of aromatic nitrogens is 2. The third-order valence-electron chi connectivity index (χ3n) is 5.36. The number of amides is 1. The first-order chi connectivity index (χ1) is 14.2. The number of hydrogen-bond donors (Lipinski definition) is 1. The molecule has 0 atom stereocenters. The van der Waals surface area contributed by atoms with Gasteiger partial charge in [0.15, 0.2) is 0 Å². The Labute approximate surface area is 177 Å². The largest absolute Gasteiger partial charge is 0.341 e. The average molecular weight is 433 g/mol. The van der Waals surface area contributed by atoms with E-state index >= 15 is 0 Å². The van der Waals surface area contributed by atoms with Crippen molar-refractivity contribution in [3.8, 4) is 0 Å². The zero-order valence-electron chi connectivity index (χ0n) is 17.4. The number of nitrogens with zero attached hydrogens (tertiary/aromatic N) is 4. The van der Waals surface area contributed by atoms with E-state index in [0.717, 1.165) is 49.3 Å². The predicted molar refractivity (Wildman–Crippen MR) is 115 cm³/mol. The Morgan fingerprint density at radius 1 is 1.07 bits per heavy atom. The predicted octanol–water partition coefficient (Wildman–Crippen LogP) is 3.08. The average Bonchev–Trinajstić information content (AvgIpc) is 3.15. The molecule has 0 unspecified atom stereocenters. The summed E-state index contributed by atoms with van der Waals surface area (Å²) in [7, 11) is -4.02. The van der Waals surface area contributed by atoms with Crippen LogP contribution in [0.3, 0.4) is 0 Å². The highest BCUT2D eigenvalue weighted by Crippen LogP contribution is 2.23. The maximum atomic E-state index is 11.8. The van der Waals surface area contributed by atoms with Gasteiger partial charge in [-0.2, -0.15) is 13.4 Å². The first-order valence-electron chi connectivity index (χ1n) is 10.2. The van der Waals surface area contributed by atoms with Gasteiger partial charge in [0.2, 0.25) is 11.9 Å². The van der Waals surface area contributed by atoms with E-state index < -0.39 is 10.1 Å². The van der Waals surface area contributed by atoms with Crippen molar-refractivity contribution in [2.24, 2.45) is 5.92 Å². The highest BCUT2D eigenvalue weighted by Gasteiger charge is 2.24. The number of aryl methyl sites for hydroxylation is 1. The topological polar surface area (TPSA) is 104 Å². The molecule has 9 heteroatoms. The van der Waals surface area contributed by atoms with Crippen LogP contribution in [0.15, 0.2) is 41.4 Å². The molecular weight excluding hydrogens is 404 g/mol. The summed E-state index contributed by atoms with van der Waals surface area (Å²) < 4.78 is 29.6. The molecule has 0 saturated carbocycles. The second-order valence-corrected chi connectivity index (χ2v) is 9.24. The Kier molecular flexibility index (Phi) is 7.04. The zero-order chi connectivity index (χ0) is 21.7. The van der Waals surface area contributed by atoms with Crippen LogP contribution in [0.4, 0.5) is 11.8 Å². The van der Waals surface area contributed by atoms with E-state index in [9.17, 15) is 13.2 Å². The van der Waals surface area contributed by atoms with Crippen molar-refractivity contribution in [2.75, 3.05) is 29.4 Å². The molecule has 2 aliphatic rings. The van der Waals surface area contributed by atoms with Crippen LogP contribution in [-0.2, 0) is 14.9 Å². The van der Waals surface area contributed by atoms with Gasteiger partial charge in [-0.15, -0.1) is 0 Å². The van der Waals surface area contributed by atoms with Crippen LogP contribution in [0, 0.1) is 12.8 Å². The summed E-state index contributed by atoms with van der Waals surface area (Å²) in [5.41, 5.74) is 0.956. The van der Waals surface area contributed by atoms with E-state index in [1.165, 1.54) is 25.0 Å². The number of benzene rings is 1. The minimum atomic E-state index is -4.02. The van der Waals surface area contributed by atoms with Crippen molar-refractivity contribution >= 4 is 27.8 Å². The molecule has 2 aromatic rings. The molecule has 1 N–H and O–H groups in total. The standard InChI is InChI=1S/C14H20N4O.C7H8O3S/c1-11-5-9-17(10-6-11)14-15-7-4-12(16-14)18-8-2-3-13(18)19;1-6-2-4-7(5-3-6)11(8,9)10/h4,7,11H,2-3,5-6,8-10H2,1H3;2-5H,1H3,(H,8,9,10). The minimum absolute atomic E-state index is 0.0666. The minimum Gasteiger partial charge on any atom is -0.341 e. The lowest BCUT2D eigenvalue weighted by Crippen LogP contribution is -2.34. The fourth-order valence-corrected chi connectivity index (χ4v) is 3.93. The van der Waals surface area contributed by atoms with Gasteiger partial charge in [0.1, 0.15) is 5.82 Å². The first kappa shape index (κ1) is 22.2. The van der Waals surface area contributed by atoms with E-state index in [2.05, 4.69) is 21.8 Å². The summed E-state index contributed by atoms with van der Waals surface area (Å²) in [6, 6.07) is 7.82. The molecule has 8 nitrogen and oxygen atoms in total. The van der Waals surface area contributed by atoms with Crippen LogP contribution < -0.4 is 9.80 Å². The number of piperidine rings is 1. The molecule has 162 valence electrons. The van der Waals surface area contributed by atoms with Crippen molar-refractivity contribution in [3.63, 3.8) is 0 Å². The third-order valence-corrected chi connectivity index (χ3v) is 6.23. The fraction of sp³-hybridized carbons (Fsp3) is 0.476. The second kappa shape index (κ2) is 9.53. The van der Waals surface area contributed by atoms with Crippen LogP contribution in [0.25, 0.3) is 0 Å². The fourth-order valence-electron chi connectivity index (χ4n) is 3.45. The summed E-state index contributed by atoms with van der Waals surface area (Å²) >= 11 is 0. The molecule has 2 aliphatic heterocycles. The number of anilines is 2. The maximum absolute atomic E-state index is 11.8. The maximum Gasteiger partial charge on any atom is 0.294 e. The molecule has 2 saturated heterocycles. The smallest absolute Gasteiger partial charge is 0.294 e. The van der Waals surface area contributed by atoms with Gasteiger partial charge in [0, 0.05) is 32.3 Å². The molecule has 0 bridgehead atoms. The van der Waals surface area contributed by atoms with Crippen LogP contribution in [0.1, 0.15) is 38.2 Å². The zero-order valence-corrected chi connectivity index (χ0v) is 18.2. The molecule has 0 spiro atoms. The summed E-state index contributed by atoms with van der Waals surface area (Å²) in [5, 5.41) is 0. The molecule has 0 radical (unpaired) electrons. The number of carbonyl (C=O) groups is 1. The molecule has 2 fully saturated rings. The second-order valence-electron chi connectivity index (χ2n) is 7.82. The van der Waals surface area contributed by atoms with Crippen molar-refractivity contribution < 1.29 is 17.8 Å². The summed E-state index contributed by atoms with van der Waals surface area (Å²) in [5.74, 6) is 2.49. The Balaban J connectivity index is 0.000000199. The lowest BCUT2D eigenvalue weighted by Gasteiger charge is -2.30. The van der Waals surface area contributed by atoms with Crippen LogP contribution >= 0.6 is 0 Å². The van der Waals surface area contributed by atoms with Crippen molar-refractivity contribution in [3.05, 3.63) is 42.1 Å². The molecule has 1 aromatic carbocycles. The summed E-state index contributed by atoms with van der Waals surface area (Å²) in [4.78, 5) is 24.6. The van der Waals surface area contributed by atoms with E-state index in [4.69, 9.17) is 4.55 Å². The lowest BCUT2D eigenvalue weighted by molar-refractivity contribution is -0.117. The van der Waals surface area contributed by atoms with E-state index in [-0.39, 0.29) is 10.8 Å². The van der Waals surface area contributed by atoms with Gasteiger partial charge in [-0.05, 0) is 50.3 Å². The monoisotopic (exact) mass is 432 g/mol. The quantitative estimate of drug-likeness (QED) is 0.743. The summed E-state index contributed by atoms with van der Waals surface area (Å²) in [6.07, 6.45) is 5.72. The number of hydrogen-bond acceptors (Lipinski definition) is 6. The molecule has 1 aromatic heterocycles. The number of carbonyl (C=O) groups excluding carboxylic acids is 1. The van der Waals surface area contributed by atoms with Crippen molar-refractivity contribution in [1.82, 2.24) is 9.97 Å². The van der Waals surface area contributed by atoms with Gasteiger partial charge < -0.3 is 4.90 Å². The highest BCUT2D eigenvalue weighted by atomic mass is 32.2. The highest BCUT2D eigenvalue weighted by molar-refractivity contribution is 7.85. The van der Waals surface area contributed by atoms with Crippen LogP contribution in [-0.4, -0.2) is 48.5 Å². The molecule has 4 rings (SSSR count). The number of rotatable bonds is 3. The van der Waals surface area contributed by atoms with Crippen LogP contribution in [0.5, 0.6) is 0 Å². The Morgan fingerprint density at radius 3 is 2.30 bits per heavy atom. The SMILES string of the molecule is CC1CCN(c2nccc(N3CCCC3=O)n2)CC1.Cc1ccc(S(=O)(=O)O)cc1. The van der Waals surface area contributed by atoms with E-state index in [1.54, 1.807) is 23.2 Å². The van der Waals surface area contributed by atoms with E-state index in [1.807, 2.05) is 13.0 Å².